The number of benzene rings is 1. The number of nitrogens with one attached hydrogen (secondary N) is 1. The number of carbonyl (C=O) groups excluding carboxylic acids is 1. The third kappa shape index (κ3) is 3.99. The number of rotatable bonds is 5. The maximum absolute atomic E-state index is 12.0. The molecule has 2 heterocycles. The smallest absolute Gasteiger partial charge is 0.254 e. The van der Waals surface area contributed by atoms with Crippen LogP contribution < -0.4 is 11.1 Å². The Labute approximate surface area is 171 Å². The number of hydrogen-bond acceptors (Lipinski definition) is 5. The van der Waals surface area contributed by atoms with Crippen LogP contribution >= 0.6 is 0 Å². The molecule has 1 saturated heterocycles. The lowest BCUT2D eigenvalue weighted by Gasteiger charge is -2.52. The first-order valence-corrected chi connectivity index (χ1v) is 10.2. The van der Waals surface area contributed by atoms with E-state index in [1.165, 1.54) is 0 Å². The summed E-state index contributed by atoms with van der Waals surface area (Å²) in [6, 6.07) is 12.5. The molecule has 3 atom stereocenters. The molecule has 1 aromatic carbocycles. The highest BCUT2D eigenvalue weighted by Gasteiger charge is 2.42. The van der Waals surface area contributed by atoms with Gasteiger partial charge >= 0.3 is 0 Å². The minimum Gasteiger partial charge on any atom is -0.365 e. The minimum absolute atomic E-state index is 0.0463. The van der Waals surface area contributed by atoms with E-state index < -0.39 is 5.91 Å². The third-order valence-corrected chi connectivity index (χ3v) is 6.10. The number of likely N-dealkylation sites (tertiary alicyclic amines) is 1. The van der Waals surface area contributed by atoms with Crippen molar-refractivity contribution in [3.05, 3.63) is 42.1 Å². The lowest BCUT2D eigenvalue weighted by molar-refractivity contribution is -0.0277. The molecule has 1 amide bonds. The van der Waals surface area contributed by atoms with Crippen LogP contribution in [0.25, 0.3) is 0 Å². The number of amides is 1. The van der Waals surface area contributed by atoms with Gasteiger partial charge in [0, 0.05) is 31.0 Å². The zero-order chi connectivity index (χ0) is 20.6. The van der Waals surface area contributed by atoms with Gasteiger partial charge in [-0.15, -0.1) is 0 Å². The van der Waals surface area contributed by atoms with Crippen LogP contribution in [-0.2, 0) is 0 Å². The number of anilines is 2. The van der Waals surface area contributed by atoms with Crippen molar-refractivity contribution < 1.29 is 4.79 Å². The van der Waals surface area contributed by atoms with Gasteiger partial charge in [-0.3, -0.25) is 14.4 Å². The van der Waals surface area contributed by atoms with Crippen molar-refractivity contribution >= 4 is 17.4 Å². The summed E-state index contributed by atoms with van der Waals surface area (Å²) >= 11 is 0. The lowest BCUT2D eigenvalue weighted by Crippen LogP contribution is -2.58. The highest BCUT2D eigenvalue weighted by Crippen LogP contribution is 2.40. The molecule has 3 unspecified atom stereocenters. The number of primary amides is 1. The molecule has 7 heteroatoms. The van der Waals surface area contributed by atoms with Crippen molar-refractivity contribution in [3.8, 4) is 6.07 Å². The monoisotopic (exact) mass is 392 g/mol. The van der Waals surface area contributed by atoms with E-state index in [2.05, 4.69) is 35.2 Å². The van der Waals surface area contributed by atoms with Gasteiger partial charge in [0.25, 0.3) is 5.91 Å². The fourth-order valence-electron chi connectivity index (χ4n) is 4.72. The zero-order valence-electron chi connectivity index (χ0n) is 17.0. The SMILES string of the molecule is CC1(C)CN(C2CCC(n3cc(C(N)=O)c(Nc4ccccc4)n3)C(C#N)C2)C1. The van der Waals surface area contributed by atoms with Crippen LogP contribution in [0.1, 0.15) is 49.5 Å². The van der Waals surface area contributed by atoms with Crippen molar-refractivity contribution in [2.45, 2.75) is 45.2 Å². The maximum Gasteiger partial charge on any atom is 0.254 e. The number of aromatic nitrogens is 2. The fraction of sp³-hybridized carbons (Fsp3) is 0.500. The summed E-state index contributed by atoms with van der Waals surface area (Å²) in [4.78, 5) is 14.5. The Hall–Kier alpha value is -2.85. The predicted octanol–water partition coefficient (Wildman–Crippen LogP) is 3.30. The Morgan fingerprint density at radius 3 is 2.62 bits per heavy atom. The summed E-state index contributed by atoms with van der Waals surface area (Å²) in [6.07, 6.45) is 4.43. The maximum atomic E-state index is 12.0. The van der Waals surface area contributed by atoms with Crippen LogP contribution in [0.3, 0.4) is 0 Å². The molecule has 1 saturated carbocycles. The van der Waals surface area contributed by atoms with E-state index in [1.807, 2.05) is 30.3 Å². The van der Waals surface area contributed by atoms with E-state index >= 15 is 0 Å². The number of nitrogens with zero attached hydrogens (tertiary/aromatic N) is 4. The molecule has 3 N–H and O–H groups in total. The summed E-state index contributed by atoms with van der Waals surface area (Å²) in [5.41, 5.74) is 7.15. The van der Waals surface area contributed by atoms with E-state index in [0.29, 0.717) is 22.8 Å². The van der Waals surface area contributed by atoms with Crippen molar-refractivity contribution in [2.75, 3.05) is 18.4 Å². The largest absolute Gasteiger partial charge is 0.365 e. The molecule has 0 spiro atoms. The van der Waals surface area contributed by atoms with Crippen LogP contribution in [0.4, 0.5) is 11.5 Å². The first kappa shape index (κ1) is 19.5. The second kappa shape index (κ2) is 7.53. The molecule has 1 aromatic heterocycles. The Kier molecular flexibility index (Phi) is 5.05. The molecule has 2 fully saturated rings. The zero-order valence-corrected chi connectivity index (χ0v) is 17.0. The summed E-state index contributed by atoms with van der Waals surface area (Å²) in [6.45, 7) is 6.76. The molecule has 1 aliphatic heterocycles. The quantitative estimate of drug-likeness (QED) is 0.813. The molecular weight excluding hydrogens is 364 g/mol. The standard InChI is InChI=1S/C22H28N6O/c1-22(2)13-27(14-22)17-8-9-19(15(10-17)11-23)28-12-18(20(24)29)21(26-28)25-16-6-4-3-5-7-16/h3-7,12,15,17,19H,8-10,13-14H2,1-2H3,(H2,24,29)(H,25,26). The van der Waals surface area contributed by atoms with Gasteiger partial charge in [0.1, 0.15) is 5.56 Å². The van der Waals surface area contributed by atoms with E-state index in [0.717, 1.165) is 38.0 Å². The predicted molar refractivity (Wildman–Crippen MR) is 112 cm³/mol. The molecule has 4 rings (SSSR count). The third-order valence-electron chi connectivity index (χ3n) is 6.10. The first-order valence-electron chi connectivity index (χ1n) is 10.2. The summed E-state index contributed by atoms with van der Waals surface area (Å²) in [7, 11) is 0. The fourth-order valence-corrected chi connectivity index (χ4v) is 4.72. The van der Waals surface area contributed by atoms with Crippen LogP contribution in [0.5, 0.6) is 0 Å². The van der Waals surface area contributed by atoms with Gasteiger partial charge in [-0.1, -0.05) is 32.0 Å². The van der Waals surface area contributed by atoms with Gasteiger partial charge in [-0.05, 0) is 36.8 Å². The molecule has 2 aromatic rings. The molecule has 152 valence electrons. The topological polar surface area (TPSA) is 100.0 Å². The first-order chi connectivity index (χ1) is 13.9. The molecule has 29 heavy (non-hydrogen) atoms. The Morgan fingerprint density at radius 1 is 1.28 bits per heavy atom. The van der Waals surface area contributed by atoms with Gasteiger partial charge < -0.3 is 11.1 Å². The van der Waals surface area contributed by atoms with Crippen molar-refractivity contribution in [1.29, 1.82) is 5.26 Å². The average molecular weight is 393 g/mol. The molecule has 0 radical (unpaired) electrons. The normalized spacial score (nSPS) is 26.3. The minimum atomic E-state index is -0.528. The highest BCUT2D eigenvalue weighted by molar-refractivity contribution is 5.98. The van der Waals surface area contributed by atoms with E-state index in [9.17, 15) is 10.1 Å². The van der Waals surface area contributed by atoms with Gasteiger partial charge in [-0.2, -0.15) is 10.4 Å². The molecule has 2 aliphatic rings. The molecule has 0 bridgehead atoms. The molecule has 1 aliphatic carbocycles. The van der Waals surface area contributed by atoms with Gasteiger partial charge in [-0.25, -0.2) is 0 Å². The van der Waals surface area contributed by atoms with Crippen LogP contribution in [0, 0.1) is 22.7 Å². The molecule has 7 nitrogen and oxygen atoms in total. The van der Waals surface area contributed by atoms with Crippen molar-refractivity contribution in [2.24, 2.45) is 17.1 Å². The summed E-state index contributed by atoms with van der Waals surface area (Å²) in [5.74, 6) is -0.227. The Balaban J connectivity index is 1.52. The van der Waals surface area contributed by atoms with Gasteiger partial charge in [0.15, 0.2) is 5.82 Å². The van der Waals surface area contributed by atoms with Gasteiger partial charge in [0.05, 0.1) is 18.0 Å². The number of nitriles is 1. The van der Waals surface area contributed by atoms with Crippen LogP contribution in [-0.4, -0.2) is 39.7 Å². The average Bonchev–Trinajstić information content (AvgIpc) is 3.10. The summed E-state index contributed by atoms with van der Waals surface area (Å²) in [5, 5.41) is 17.6. The van der Waals surface area contributed by atoms with E-state index in [-0.39, 0.29) is 12.0 Å². The Morgan fingerprint density at radius 2 is 2.00 bits per heavy atom. The number of nitrogens with two attached hydrogens (primary N) is 1. The molecular formula is C22H28N6O. The van der Waals surface area contributed by atoms with Crippen molar-refractivity contribution in [3.63, 3.8) is 0 Å². The number of hydrogen-bond donors (Lipinski definition) is 2. The Bertz CT molecular complexity index is 921. The second-order valence-electron chi connectivity index (χ2n) is 9.07. The summed E-state index contributed by atoms with van der Waals surface area (Å²) < 4.78 is 1.77. The number of carbonyl (C=O) groups is 1. The van der Waals surface area contributed by atoms with E-state index in [4.69, 9.17) is 5.73 Å². The van der Waals surface area contributed by atoms with Crippen LogP contribution in [0.15, 0.2) is 36.5 Å². The van der Waals surface area contributed by atoms with Gasteiger partial charge in [0.2, 0.25) is 0 Å². The number of para-hydroxylation sites is 1. The van der Waals surface area contributed by atoms with E-state index in [1.54, 1.807) is 10.9 Å². The van der Waals surface area contributed by atoms with Crippen molar-refractivity contribution in [1.82, 2.24) is 14.7 Å². The lowest BCUT2D eigenvalue weighted by atomic mass is 9.77. The highest BCUT2D eigenvalue weighted by atomic mass is 16.1. The second-order valence-corrected chi connectivity index (χ2v) is 9.07. The van der Waals surface area contributed by atoms with Crippen LogP contribution in [0.2, 0.25) is 0 Å².